The second-order valence-electron chi connectivity index (χ2n) is 8.99. The number of nitrogens with zero attached hydrogens (tertiary/aromatic N) is 1. The van der Waals surface area contributed by atoms with Crippen molar-refractivity contribution in [3.8, 4) is 6.07 Å². The topological polar surface area (TPSA) is 79.2 Å². The highest BCUT2D eigenvalue weighted by molar-refractivity contribution is 9.10. The number of nitriles is 1. The Kier molecular flexibility index (Phi) is 4.68. The SMILES string of the molecule is CC(C)[C@](C)(C#N)NC(=O)COC(=O)C12C[C@@H]3C[C@H](CC(Br)(C3)C1)C2. The van der Waals surface area contributed by atoms with Crippen LogP contribution in [0.4, 0.5) is 0 Å². The third-order valence-electron chi connectivity index (χ3n) is 6.54. The van der Waals surface area contributed by atoms with Gasteiger partial charge in [-0.05, 0) is 63.2 Å². The molecule has 0 aromatic carbocycles. The van der Waals surface area contributed by atoms with Crippen molar-refractivity contribution in [2.24, 2.45) is 23.2 Å². The minimum Gasteiger partial charge on any atom is -0.455 e. The predicted octanol–water partition coefficient (Wildman–Crippen LogP) is 3.32. The molecule has 6 heteroatoms. The first-order valence-corrected chi connectivity index (χ1v) is 9.97. The Hall–Kier alpha value is -1.09. The number of esters is 1. The standard InChI is InChI=1S/C19H27BrN2O3/c1-12(2)17(3,11-21)22-15(23)9-25-16(24)18-5-13-4-14(6-18)8-19(20,7-13)10-18/h12-14H,4-10H2,1-3H3,(H,22,23)/t13-,14-,17-,18?,19?/m0/s1. The lowest BCUT2D eigenvalue weighted by atomic mass is 9.49. The Morgan fingerprint density at radius 2 is 1.92 bits per heavy atom. The number of amides is 1. The molecule has 3 atom stereocenters. The number of ether oxygens (including phenoxy) is 1. The number of alkyl halides is 1. The van der Waals surface area contributed by atoms with Gasteiger partial charge in [0.25, 0.3) is 5.91 Å². The molecule has 0 unspecified atom stereocenters. The highest BCUT2D eigenvalue weighted by atomic mass is 79.9. The first kappa shape index (κ1) is 18.7. The molecule has 0 heterocycles. The molecule has 0 aliphatic heterocycles. The summed E-state index contributed by atoms with van der Waals surface area (Å²) in [4.78, 5) is 25.0. The monoisotopic (exact) mass is 410 g/mol. The number of rotatable bonds is 5. The molecule has 0 spiro atoms. The summed E-state index contributed by atoms with van der Waals surface area (Å²) in [6, 6.07) is 2.13. The van der Waals surface area contributed by atoms with E-state index in [0.29, 0.717) is 11.8 Å². The van der Waals surface area contributed by atoms with Crippen LogP contribution in [0.3, 0.4) is 0 Å². The summed E-state index contributed by atoms with van der Waals surface area (Å²) in [5.41, 5.74) is -1.38. The molecule has 4 saturated carbocycles. The third kappa shape index (κ3) is 3.45. The minimum atomic E-state index is -0.954. The summed E-state index contributed by atoms with van der Waals surface area (Å²) in [6.07, 6.45) is 6.10. The maximum absolute atomic E-state index is 12.8. The van der Waals surface area contributed by atoms with Gasteiger partial charge in [0, 0.05) is 4.32 Å². The fraction of sp³-hybridized carbons (Fsp3) is 0.842. The van der Waals surface area contributed by atoms with E-state index in [0.717, 1.165) is 32.1 Å². The predicted molar refractivity (Wildman–Crippen MR) is 96.7 cm³/mol. The van der Waals surface area contributed by atoms with Gasteiger partial charge in [-0.3, -0.25) is 9.59 Å². The lowest BCUT2D eigenvalue weighted by molar-refractivity contribution is -0.171. The van der Waals surface area contributed by atoms with Crippen molar-refractivity contribution < 1.29 is 14.3 Å². The zero-order valence-corrected chi connectivity index (χ0v) is 16.8. The second kappa shape index (κ2) is 6.26. The van der Waals surface area contributed by atoms with E-state index in [2.05, 4.69) is 27.3 Å². The van der Waals surface area contributed by atoms with Crippen LogP contribution >= 0.6 is 15.9 Å². The molecule has 0 saturated heterocycles. The molecular formula is C19H27BrN2O3. The van der Waals surface area contributed by atoms with Crippen molar-refractivity contribution >= 4 is 27.8 Å². The van der Waals surface area contributed by atoms with E-state index in [9.17, 15) is 14.9 Å². The largest absolute Gasteiger partial charge is 0.455 e. The van der Waals surface area contributed by atoms with Crippen LogP contribution in [0, 0.1) is 34.5 Å². The van der Waals surface area contributed by atoms with Gasteiger partial charge >= 0.3 is 5.97 Å². The van der Waals surface area contributed by atoms with Gasteiger partial charge in [0.05, 0.1) is 11.5 Å². The van der Waals surface area contributed by atoms with E-state index in [-0.39, 0.29) is 22.8 Å². The van der Waals surface area contributed by atoms with Crippen molar-refractivity contribution in [1.82, 2.24) is 5.32 Å². The summed E-state index contributed by atoms with van der Waals surface area (Å²) in [7, 11) is 0. The molecule has 1 amide bonds. The summed E-state index contributed by atoms with van der Waals surface area (Å²) >= 11 is 3.88. The average molecular weight is 411 g/mol. The van der Waals surface area contributed by atoms with Gasteiger partial charge in [-0.1, -0.05) is 29.8 Å². The summed E-state index contributed by atoms with van der Waals surface area (Å²) in [6.45, 7) is 5.13. The van der Waals surface area contributed by atoms with Crippen LogP contribution in [0.25, 0.3) is 0 Å². The van der Waals surface area contributed by atoms with Crippen molar-refractivity contribution in [3.63, 3.8) is 0 Å². The highest BCUT2D eigenvalue weighted by Crippen LogP contribution is 2.64. The first-order valence-electron chi connectivity index (χ1n) is 9.18. The molecule has 1 N–H and O–H groups in total. The molecule has 0 aromatic heterocycles. The zero-order valence-electron chi connectivity index (χ0n) is 15.2. The number of nitrogens with one attached hydrogen (secondary N) is 1. The number of halogens is 1. The molecule has 4 aliphatic carbocycles. The molecule has 4 rings (SSSR count). The van der Waals surface area contributed by atoms with E-state index in [1.54, 1.807) is 6.92 Å². The van der Waals surface area contributed by atoms with Gasteiger partial charge in [0.15, 0.2) is 6.61 Å². The summed E-state index contributed by atoms with van der Waals surface area (Å²) in [5, 5.41) is 12.0. The number of carbonyl (C=O) groups is 2. The molecule has 138 valence electrons. The van der Waals surface area contributed by atoms with Crippen LogP contribution in [0.1, 0.15) is 59.3 Å². The molecule has 4 bridgehead atoms. The zero-order chi connectivity index (χ0) is 18.5. The van der Waals surface area contributed by atoms with Crippen LogP contribution in [0.15, 0.2) is 0 Å². The molecule has 4 fully saturated rings. The maximum Gasteiger partial charge on any atom is 0.312 e. The summed E-state index contributed by atoms with van der Waals surface area (Å²) < 4.78 is 5.50. The lowest BCUT2D eigenvalue weighted by Crippen LogP contribution is -2.56. The fourth-order valence-corrected chi connectivity index (χ4v) is 6.75. The van der Waals surface area contributed by atoms with Gasteiger partial charge in [0.1, 0.15) is 5.54 Å². The van der Waals surface area contributed by atoms with E-state index in [1.165, 1.54) is 6.42 Å². The van der Waals surface area contributed by atoms with Crippen molar-refractivity contribution in [1.29, 1.82) is 5.26 Å². The minimum absolute atomic E-state index is 0.0337. The van der Waals surface area contributed by atoms with Gasteiger partial charge in [-0.15, -0.1) is 0 Å². The maximum atomic E-state index is 12.8. The van der Waals surface area contributed by atoms with Gasteiger partial charge < -0.3 is 10.1 Å². The van der Waals surface area contributed by atoms with E-state index >= 15 is 0 Å². The van der Waals surface area contributed by atoms with Crippen molar-refractivity contribution in [2.45, 2.75) is 69.2 Å². The molecule has 5 nitrogen and oxygen atoms in total. The van der Waals surface area contributed by atoms with Crippen LogP contribution in [0.2, 0.25) is 0 Å². The number of hydrogen-bond acceptors (Lipinski definition) is 4. The van der Waals surface area contributed by atoms with Crippen LogP contribution in [-0.2, 0) is 14.3 Å². The molecule has 25 heavy (non-hydrogen) atoms. The smallest absolute Gasteiger partial charge is 0.312 e. The Morgan fingerprint density at radius 3 is 2.40 bits per heavy atom. The second-order valence-corrected chi connectivity index (χ2v) is 10.7. The first-order chi connectivity index (χ1) is 11.6. The quantitative estimate of drug-likeness (QED) is 0.556. The Balaban J connectivity index is 1.60. The lowest BCUT2D eigenvalue weighted by Gasteiger charge is -2.58. The third-order valence-corrected chi connectivity index (χ3v) is 7.47. The number of hydrogen-bond donors (Lipinski definition) is 1. The number of carbonyl (C=O) groups excluding carboxylic acids is 2. The fourth-order valence-electron chi connectivity index (χ4n) is 5.30. The van der Waals surface area contributed by atoms with Crippen LogP contribution in [0.5, 0.6) is 0 Å². The molecule has 4 aliphatic rings. The molecular weight excluding hydrogens is 384 g/mol. The van der Waals surface area contributed by atoms with Gasteiger partial charge in [-0.25, -0.2) is 0 Å². The van der Waals surface area contributed by atoms with E-state index < -0.39 is 16.9 Å². The highest BCUT2D eigenvalue weighted by Gasteiger charge is 2.60. The van der Waals surface area contributed by atoms with Gasteiger partial charge in [-0.2, -0.15) is 5.26 Å². The van der Waals surface area contributed by atoms with Crippen molar-refractivity contribution in [2.75, 3.05) is 6.61 Å². The average Bonchev–Trinajstić information content (AvgIpc) is 2.49. The van der Waals surface area contributed by atoms with E-state index in [1.807, 2.05) is 13.8 Å². The van der Waals surface area contributed by atoms with Crippen LogP contribution in [-0.4, -0.2) is 28.3 Å². The molecule has 0 aromatic rings. The Labute approximate surface area is 158 Å². The summed E-state index contributed by atoms with van der Waals surface area (Å²) in [5.74, 6) is 0.497. The van der Waals surface area contributed by atoms with E-state index in [4.69, 9.17) is 4.74 Å². The normalized spacial score (nSPS) is 38.1. The van der Waals surface area contributed by atoms with Crippen LogP contribution < -0.4 is 5.32 Å². The van der Waals surface area contributed by atoms with Gasteiger partial charge in [0.2, 0.25) is 0 Å². The Bertz CT molecular complexity index is 613. The van der Waals surface area contributed by atoms with Crippen molar-refractivity contribution in [3.05, 3.63) is 0 Å². The Morgan fingerprint density at radius 1 is 1.32 bits per heavy atom. The molecule has 0 radical (unpaired) electrons.